The van der Waals surface area contributed by atoms with Crippen LogP contribution >= 0.6 is 11.8 Å². The van der Waals surface area contributed by atoms with E-state index in [-0.39, 0.29) is 23.1 Å². The average molecular weight is 435 g/mol. The second-order valence-corrected chi connectivity index (χ2v) is 8.49. The van der Waals surface area contributed by atoms with Crippen molar-refractivity contribution < 1.29 is 14.3 Å². The topological polar surface area (TPSA) is 67.4 Å². The van der Waals surface area contributed by atoms with Crippen molar-refractivity contribution in [2.45, 2.75) is 30.0 Å². The van der Waals surface area contributed by atoms with E-state index in [9.17, 15) is 9.59 Å². The highest BCUT2D eigenvalue weighted by atomic mass is 32.2. The first-order valence-corrected chi connectivity index (χ1v) is 10.9. The molecule has 0 spiro atoms. The minimum atomic E-state index is -0.340. The van der Waals surface area contributed by atoms with Crippen LogP contribution in [0.25, 0.3) is 0 Å². The van der Waals surface area contributed by atoms with Gasteiger partial charge >= 0.3 is 0 Å². The first kappa shape index (κ1) is 22.4. The van der Waals surface area contributed by atoms with Gasteiger partial charge in [-0.1, -0.05) is 42.5 Å². The summed E-state index contributed by atoms with van der Waals surface area (Å²) in [6.07, 6.45) is 0. The van der Waals surface area contributed by atoms with Crippen LogP contribution in [-0.2, 0) is 4.79 Å². The lowest BCUT2D eigenvalue weighted by molar-refractivity contribution is -0.115. The van der Waals surface area contributed by atoms with Crippen LogP contribution in [0, 0.1) is 0 Å². The summed E-state index contributed by atoms with van der Waals surface area (Å²) in [5.41, 5.74) is 1.94. The predicted molar refractivity (Wildman–Crippen MR) is 126 cm³/mol. The van der Waals surface area contributed by atoms with Gasteiger partial charge in [-0.15, -0.1) is 11.8 Å². The number of benzene rings is 3. The fourth-order valence-corrected chi connectivity index (χ4v) is 3.90. The van der Waals surface area contributed by atoms with Gasteiger partial charge in [0.25, 0.3) is 5.91 Å². The van der Waals surface area contributed by atoms with E-state index < -0.39 is 0 Å². The van der Waals surface area contributed by atoms with Gasteiger partial charge in [0.15, 0.2) is 0 Å². The van der Waals surface area contributed by atoms with Crippen molar-refractivity contribution in [3.8, 4) is 5.75 Å². The lowest BCUT2D eigenvalue weighted by Gasteiger charge is -2.17. The molecule has 0 unspecified atom stereocenters. The molecule has 0 fully saturated rings. The minimum absolute atomic E-state index is 0.151. The van der Waals surface area contributed by atoms with Gasteiger partial charge in [-0.25, -0.2) is 0 Å². The summed E-state index contributed by atoms with van der Waals surface area (Å²) in [5.74, 6) is 0.367. The van der Waals surface area contributed by atoms with Crippen LogP contribution in [0.1, 0.15) is 35.8 Å². The van der Waals surface area contributed by atoms with Crippen LogP contribution in [-0.4, -0.2) is 24.2 Å². The Morgan fingerprint density at radius 2 is 1.52 bits per heavy atom. The molecule has 5 nitrogen and oxygen atoms in total. The SMILES string of the molecule is COc1ccc(S[C@H](C)C(=O)Nc2ccccc2C(=O)N[C@@H](C)c2ccccc2)cc1. The molecule has 0 saturated heterocycles. The highest BCUT2D eigenvalue weighted by Crippen LogP contribution is 2.27. The largest absolute Gasteiger partial charge is 0.497 e. The van der Waals surface area contributed by atoms with Gasteiger partial charge < -0.3 is 15.4 Å². The van der Waals surface area contributed by atoms with Crippen LogP contribution in [0.5, 0.6) is 5.75 Å². The van der Waals surface area contributed by atoms with Crippen molar-refractivity contribution in [1.82, 2.24) is 5.32 Å². The molecule has 0 saturated carbocycles. The number of thioether (sulfide) groups is 1. The Bertz CT molecular complexity index is 1020. The third-order valence-corrected chi connectivity index (χ3v) is 5.93. The van der Waals surface area contributed by atoms with E-state index in [1.165, 1.54) is 11.8 Å². The molecule has 31 heavy (non-hydrogen) atoms. The van der Waals surface area contributed by atoms with Gasteiger partial charge in [-0.3, -0.25) is 9.59 Å². The number of rotatable bonds is 8. The monoisotopic (exact) mass is 434 g/mol. The number of anilines is 1. The summed E-state index contributed by atoms with van der Waals surface area (Å²) in [5, 5.41) is 5.56. The zero-order valence-corrected chi connectivity index (χ0v) is 18.6. The molecule has 6 heteroatoms. The number of para-hydroxylation sites is 1. The number of carbonyl (C=O) groups is 2. The Balaban J connectivity index is 1.66. The lowest BCUT2D eigenvalue weighted by atomic mass is 10.1. The molecule has 160 valence electrons. The summed E-state index contributed by atoms with van der Waals surface area (Å²) >= 11 is 1.44. The molecule has 0 heterocycles. The Kier molecular flexibility index (Phi) is 7.73. The number of ether oxygens (including phenoxy) is 1. The maximum atomic E-state index is 12.9. The van der Waals surface area contributed by atoms with Crippen molar-refractivity contribution in [2.24, 2.45) is 0 Å². The van der Waals surface area contributed by atoms with E-state index >= 15 is 0 Å². The highest BCUT2D eigenvalue weighted by Gasteiger charge is 2.19. The van der Waals surface area contributed by atoms with E-state index in [0.29, 0.717) is 11.3 Å². The van der Waals surface area contributed by atoms with E-state index in [0.717, 1.165) is 16.2 Å². The van der Waals surface area contributed by atoms with Gasteiger partial charge in [0, 0.05) is 4.90 Å². The Labute approximate surface area is 187 Å². The molecule has 2 atom stereocenters. The third kappa shape index (κ3) is 6.12. The third-order valence-electron chi connectivity index (χ3n) is 4.82. The number of amides is 2. The Morgan fingerprint density at radius 1 is 0.871 bits per heavy atom. The molecule has 3 rings (SSSR count). The van der Waals surface area contributed by atoms with Crippen molar-refractivity contribution in [1.29, 1.82) is 0 Å². The van der Waals surface area contributed by atoms with Crippen LogP contribution in [0.2, 0.25) is 0 Å². The van der Waals surface area contributed by atoms with Gasteiger partial charge in [0.1, 0.15) is 5.75 Å². The second kappa shape index (κ2) is 10.7. The van der Waals surface area contributed by atoms with Crippen molar-refractivity contribution in [3.05, 3.63) is 90.0 Å². The number of hydrogen-bond acceptors (Lipinski definition) is 4. The second-order valence-electron chi connectivity index (χ2n) is 7.08. The summed E-state index contributed by atoms with van der Waals surface area (Å²) in [7, 11) is 1.62. The van der Waals surface area contributed by atoms with Crippen LogP contribution < -0.4 is 15.4 Å². The predicted octanol–water partition coefficient (Wildman–Crippen LogP) is 5.31. The minimum Gasteiger partial charge on any atom is -0.497 e. The molecule has 0 radical (unpaired) electrons. The Hall–Kier alpha value is -3.25. The molecule has 3 aromatic carbocycles. The number of carbonyl (C=O) groups excluding carboxylic acids is 2. The summed E-state index contributed by atoms with van der Waals surface area (Å²) in [6.45, 7) is 3.77. The molecule has 2 amide bonds. The molecule has 0 aromatic heterocycles. The standard InChI is InChI=1S/C25H26N2O3S/c1-17(19-9-5-4-6-10-19)26-25(29)22-11-7-8-12-23(22)27-24(28)18(2)31-21-15-13-20(30-3)14-16-21/h4-18H,1-3H3,(H,26,29)(H,27,28)/t17-,18+/m0/s1. The average Bonchev–Trinajstić information content (AvgIpc) is 2.80. The molecular weight excluding hydrogens is 408 g/mol. The number of methoxy groups -OCH3 is 1. The maximum Gasteiger partial charge on any atom is 0.253 e. The van der Waals surface area contributed by atoms with Gasteiger partial charge in [-0.05, 0) is 55.8 Å². The molecule has 2 N–H and O–H groups in total. The highest BCUT2D eigenvalue weighted by molar-refractivity contribution is 8.00. The zero-order valence-electron chi connectivity index (χ0n) is 17.8. The molecule has 3 aromatic rings. The van der Waals surface area contributed by atoms with Crippen molar-refractivity contribution in [2.75, 3.05) is 12.4 Å². The fraction of sp³-hybridized carbons (Fsp3) is 0.200. The number of nitrogens with one attached hydrogen (secondary N) is 2. The lowest BCUT2D eigenvalue weighted by Crippen LogP contribution is -2.29. The van der Waals surface area contributed by atoms with Crippen molar-refractivity contribution >= 4 is 29.3 Å². The summed E-state index contributed by atoms with van der Waals surface area (Å²) in [6, 6.07) is 24.2. The first-order valence-electron chi connectivity index (χ1n) is 10.0. The molecule has 0 aliphatic heterocycles. The van der Waals surface area contributed by atoms with E-state index in [1.54, 1.807) is 31.4 Å². The van der Waals surface area contributed by atoms with E-state index in [2.05, 4.69) is 10.6 Å². The molecule has 0 aliphatic carbocycles. The summed E-state index contributed by atoms with van der Waals surface area (Å²) < 4.78 is 5.17. The zero-order chi connectivity index (χ0) is 22.2. The molecule has 0 bridgehead atoms. The van der Waals surface area contributed by atoms with Crippen LogP contribution in [0.4, 0.5) is 5.69 Å². The van der Waals surface area contributed by atoms with Crippen LogP contribution in [0.3, 0.4) is 0 Å². The maximum absolute atomic E-state index is 12.9. The molecular formula is C25H26N2O3S. The first-order chi connectivity index (χ1) is 15.0. The van der Waals surface area contributed by atoms with Gasteiger partial charge in [-0.2, -0.15) is 0 Å². The van der Waals surface area contributed by atoms with Crippen LogP contribution in [0.15, 0.2) is 83.8 Å². The van der Waals surface area contributed by atoms with Crippen molar-refractivity contribution in [3.63, 3.8) is 0 Å². The number of hydrogen-bond donors (Lipinski definition) is 2. The normalized spacial score (nSPS) is 12.5. The molecule has 0 aliphatic rings. The Morgan fingerprint density at radius 3 is 2.19 bits per heavy atom. The summed E-state index contributed by atoms with van der Waals surface area (Å²) in [4.78, 5) is 26.6. The van der Waals surface area contributed by atoms with Gasteiger partial charge in [0.2, 0.25) is 5.91 Å². The van der Waals surface area contributed by atoms with E-state index in [4.69, 9.17) is 4.74 Å². The van der Waals surface area contributed by atoms with E-state index in [1.807, 2.05) is 68.4 Å². The van der Waals surface area contributed by atoms with Gasteiger partial charge in [0.05, 0.1) is 29.7 Å². The fourth-order valence-electron chi connectivity index (χ4n) is 3.04. The smallest absolute Gasteiger partial charge is 0.253 e. The quantitative estimate of drug-likeness (QED) is 0.472.